The molecule has 0 radical (unpaired) electrons. The zero-order valence-electron chi connectivity index (χ0n) is 9.30. The monoisotopic (exact) mass is 264 g/mol. The number of hydrogen-bond acceptors (Lipinski definition) is 3. The molecule has 0 heterocycles. The van der Waals surface area contributed by atoms with Gasteiger partial charge in [0, 0.05) is 5.88 Å². The van der Waals surface area contributed by atoms with E-state index < -0.39 is 12.6 Å². The van der Waals surface area contributed by atoms with Gasteiger partial charge in [-0.1, -0.05) is 0 Å². The second-order valence-corrected chi connectivity index (χ2v) is 3.53. The second kappa shape index (κ2) is 5.82. The van der Waals surface area contributed by atoms with E-state index in [9.17, 15) is 13.6 Å². The summed E-state index contributed by atoms with van der Waals surface area (Å²) in [5.41, 5.74) is 1.16. The van der Waals surface area contributed by atoms with Crippen LogP contribution in [0.2, 0.25) is 0 Å². The summed E-state index contributed by atoms with van der Waals surface area (Å²) in [6.45, 7) is -1.36. The molecule has 0 fully saturated rings. The molecule has 94 valence electrons. The molecule has 0 saturated carbocycles. The van der Waals surface area contributed by atoms with E-state index in [4.69, 9.17) is 11.6 Å². The van der Waals surface area contributed by atoms with Gasteiger partial charge in [-0.2, -0.15) is 8.78 Å². The van der Waals surface area contributed by atoms with Crippen LogP contribution in [0, 0.1) is 6.92 Å². The van der Waals surface area contributed by atoms with Gasteiger partial charge < -0.3 is 9.47 Å². The minimum atomic E-state index is -2.95. The minimum Gasteiger partial charge on any atom is -0.465 e. The van der Waals surface area contributed by atoms with Crippen LogP contribution in [0.3, 0.4) is 0 Å². The zero-order valence-corrected chi connectivity index (χ0v) is 10.1. The fraction of sp³-hybridized carbons (Fsp3) is 0.364. The van der Waals surface area contributed by atoms with E-state index in [0.29, 0.717) is 11.1 Å². The normalized spacial score (nSPS) is 10.5. The molecular formula is C11H11ClF2O3. The Kier molecular flexibility index (Phi) is 4.69. The Morgan fingerprint density at radius 1 is 1.47 bits per heavy atom. The Bertz CT molecular complexity index is 421. The van der Waals surface area contributed by atoms with Crippen molar-refractivity contribution in [2.45, 2.75) is 19.4 Å². The molecule has 0 aromatic heterocycles. The molecule has 0 saturated heterocycles. The van der Waals surface area contributed by atoms with Crippen molar-refractivity contribution in [3.63, 3.8) is 0 Å². The lowest BCUT2D eigenvalue weighted by Crippen LogP contribution is -2.08. The molecule has 0 N–H and O–H groups in total. The van der Waals surface area contributed by atoms with E-state index >= 15 is 0 Å². The van der Waals surface area contributed by atoms with Crippen molar-refractivity contribution in [2.24, 2.45) is 0 Å². The summed E-state index contributed by atoms with van der Waals surface area (Å²) < 4.78 is 33.2. The molecular weight excluding hydrogens is 254 g/mol. The van der Waals surface area contributed by atoms with Crippen LogP contribution in [-0.2, 0) is 10.6 Å². The van der Waals surface area contributed by atoms with Crippen LogP contribution in [0.1, 0.15) is 21.5 Å². The lowest BCUT2D eigenvalue weighted by Gasteiger charge is -2.12. The quantitative estimate of drug-likeness (QED) is 0.619. The molecule has 0 aliphatic carbocycles. The van der Waals surface area contributed by atoms with Gasteiger partial charge in [0.25, 0.3) is 0 Å². The van der Waals surface area contributed by atoms with E-state index in [2.05, 4.69) is 9.47 Å². The fourth-order valence-corrected chi connectivity index (χ4v) is 1.62. The van der Waals surface area contributed by atoms with Crippen LogP contribution < -0.4 is 4.74 Å². The summed E-state index contributed by atoms with van der Waals surface area (Å²) in [5, 5.41) is 0. The second-order valence-electron chi connectivity index (χ2n) is 3.26. The number of benzene rings is 1. The van der Waals surface area contributed by atoms with E-state index in [0.717, 1.165) is 0 Å². The largest absolute Gasteiger partial charge is 0.465 e. The maximum Gasteiger partial charge on any atom is 0.387 e. The third-order valence-electron chi connectivity index (χ3n) is 2.25. The van der Waals surface area contributed by atoms with Crippen molar-refractivity contribution in [1.29, 1.82) is 0 Å². The molecule has 0 bridgehead atoms. The van der Waals surface area contributed by atoms with Crippen LogP contribution in [-0.4, -0.2) is 19.7 Å². The summed E-state index contributed by atoms with van der Waals surface area (Å²) in [6.07, 6.45) is 0. The molecule has 1 rings (SSSR count). The SMILES string of the molecule is COC(=O)c1cc(CCl)c(C)c(OC(F)F)c1. The number of alkyl halides is 3. The highest BCUT2D eigenvalue weighted by Crippen LogP contribution is 2.27. The average Bonchev–Trinajstić information content (AvgIpc) is 2.30. The highest BCUT2D eigenvalue weighted by molar-refractivity contribution is 6.17. The first-order valence-corrected chi connectivity index (χ1v) is 5.25. The smallest absolute Gasteiger partial charge is 0.387 e. The number of hydrogen-bond donors (Lipinski definition) is 0. The van der Waals surface area contributed by atoms with Gasteiger partial charge in [0.1, 0.15) is 5.75 Å². The summed E-state index contributed by atoms with van der Waals surface area (Å²) in [5.74, 6) is -0.606. The van der Waals surface area contributed by atoms with Crippen molar-refractivity contribution in [3.05, 3.63) is 28.8 Å². The van der Waals surface area contributed by atoms with Crippen molar-refractivity contribution in [2.75, 3.05) is 7.11 Å². The first kappa shape index (κ1) is 13.7. The van der Waals surface area contributed by atoms with Crippen molar-refractivity contribution in [3.8, 4) is 5.75 Å². The van der Waals surface area contributed by atoms with Crippen molar-refractivity contribution in [1.82, 2.24) is 0 Å². The number of esters is 1. The van der Waals surface area contributed by atoms with Crippen LogP contribution in [0.25, 0.3) is 0 Å². The van der Waals surface area contributed by atoms with Crippen molar-refractivity contribution < 1.29 is 23.0 Å². The van der Waals surface area contributed by atoms with Crippen LogP contribution in [0.15, 0.2) is 12.1 Å². The number of ether oxygens (including phenoxy) is 2. The standard InChI is InChI=1S/C11H11ClF2O3/c1-6-8(5-12)3-7(10(15)16-2)4-9(6)17-11(13)14/h3-4,11H,5H2,1-2H3. The van der Waals surface area contributed by atoms with Gasteiger partial charge in [-0.15, -0.1) is 11.6 Å². The molecule has 0 amide bonds. The highest BCUT2D eigenvalue weighted by atomic mass is 35.5. The lowest BCUT2D eigenvalue weighted by molar-refractivity contribution is -0.0504. The minimum absolute atomic E-state index is 0.0708. The molecule has 0 atom stereocenters. The summed E-state index contributed by atoms with van der Waals surface area (Å²) >= 11 is 5.67. The molecule has 3 nitrogen and oxygen atoms in total. The molecule has 0 spiro atoms. The Balaban J connectivity index is 3.23. The Morgan fingerprint density at radius 2 is 2.12 bits per heavy atom. The number of rotatable bonds is 4. The molecule has 1 aromatic carbocycles. The van der Waals surface area contributed by atoms with Gasteiger partial charge in [0.05, 0.1) is 12.7 Å². The maximum absolute atomic E-state index is 12.2. The Labute approximate surface area is 102 Å². The van der Waals surface area contributed by atoms with E-state index in [1.807, 2.05) is 0 Å². The highest BCUT2D eigenvalue weighted by Gasteiger charge is 2.15. The molecule has 0 aliphatic rings. The Hall–Kier alpha value is -1.36. The molecule has 1 aromatic rings. The van der Waals surface area contributed by atoms with Gasteiger partial charge in [0.2, 0.25) is 0 Å². The molecule has 0 aliphatic heterocycles. The van der Waals surface area contributed by atoms with E-state index in [1.165, 1.54) is 19.2 Å². The van der Waals surface area contributed by atoms with Gasteiger partial charge in [-0.3, -0.25) is 0 Å². The number of carbonyl (C=O) groups is 1. The predicted molar refractivity (Wildman–Crippen MR) is 58.7 cm³/mol. The third kappa shape index (κ3) is 3.30. The van der Waals surface area contributed by atoms with E-state index in [1.54, 1.807) is 6.92 Å². The van der Waals surface area contributed by atoms with Gasteiger partial charge in [-0.05, 0) is 30.2 Å². The van der Waals surface area contributed by atoms with Gasteiger partial charge >= 0.3 is 12.6 Å². The topological polar surface area (TPSA) is 35.5 Å². The fourth-order valence-electron chi connectivity index (χ4n) is 1.34. The van der Waals surface area contributed by atoms with Crippen LogP contribution >= 0.6 is 11.6 Å². The van der Waals surface area contributed by atoms with Gasteiger partial charge in [-0.25, -0.2) is 4.79 Å². The molecule has 6 heteroatoms. The first-order chi connectivity index (χ1) is 7.99. The summed E-state index contributed by atoms with van der Waals surface area (Å²) in [6, 6.07) is 2.70. The van der Waals surface area contributed by atoms with Gasteiger partial charge in [0.15, 0.2) is 0 Å². The molecule has 17 heavy (non-hydrogen) atoms. The number of carbonyl (C=O) groups excluding carboxylic acids is 1. The lowest BCUT2D eigenvalue weighted by atomic mass is 10.0. The average molecular weight is 265 g/mol. The summed E-state index contributed by atoms with van der Waals surface area (Å²) in [7, 11) is 1.20. The molecule has 0 unspecified atom stereocenters. The number of halogens is 3. The first-order valence-electron chi connectivity index (χ1n) is 4.72. The third-order valence-corrected chi connectivity index (χ3v) is 2.54. The summed E-state index contributed by atoms with van der Waals surface area (Å²) in [4.78, 5) is 11.3. The van der Waals surface area contributed by atoms with E-state index in [-0.39, 0.29) is 17.2 Å². The van der Waals surface area contributed by atoms with Crippen LogP contribution in [0.4, 0.5) is 8.78 Å². The predicted octanol–water partition coefficient (Wildman–Crippen LogP) is 3.12. The Morgan fingerprint density at radius 3 is 2.59 bits per heavy atom. The number of methoxy groups -OCH3 is 1. The van der Waals surface area contributed by atoms with Crippen LogP contribution in [0.5, 0.6) is 5.75 Å². The zero-order chi connectivity index (χ0) is 13.0. The maximum atomic E-state index is 12.2. The van der Waals surface area contributed by atoms with Crippen molar-refractivity contribution >= 4 is 17.6 Å².